The number of carbonyl (C=O) groups is 1. The SMILES string of the molecule is COc1cccc(CNC(=O)Nc2ccccc2N2CCCCCC2)c1. The van der Waals surface area contributed by atoms with E-state index in [2.05, 4.69) is 21.6 Å². The van der Waals surface area contributed by atoms with E-state index in [4.69, 9.17) is 4.74 Å². The number of para-hydroxylation sites is 2. The molecule has 2 aromatic rings. The summed E-state index contributed by atoms with van der Waals surface area (Å²) in [5.41, 5.74) is 2.96. The smallest absolute Gasteiger partial charge is 0.319 e. The lowest BCUT2D eigenvalue weighted by atomic mass is 10.2. The minimum atomic E-state index is -0.199. The molecule has 0 atom stereocenters. The maximum atomic E-state index is 12.4. The van der Waals surface area contributed by atoms with Crippen LogP contribution in [-0.4, -0.2) is 26.2 Å². The standard InChI is InChI=1S/C21H27N3O2/c1-26-18-10-8-9-17(15-18)16-22-21(25)23-19-11-4-5-12-20(19)24-13-6-2-3-7-14-24/h4-5,8-12,15H,2-3,6-7,13-14,16H2,1H3,(H2,22,23,25). The molecule has 0 unspecified atom stereocenters. The molecule has 1 fully saturated rings. The van der Waals surface area contributed by atoms with E-state index in [1.807, 2.05) is 42.5 Å². The lowest BCUT2D eigenvalue weighted by molar-refractivity contribution is 0.251. The van der Waals surface area contributed by atoms with E-state index >= 15 is 0 Å². The molecule has 0 spiro atoms. The van der Waals surface area contributed by atoms with Crippen molar-refractivity contribution in [2.45, 2.75) is 32.2 Å². The zero-order valence-electron chi connectivity index (χ0n) is 15.3. The van der Waals surface area contributed by atoms with E-state index in [1.165, 1.54) is 25.7 Å². The predicted octanol–water partition coefficient (Wildman–Crippen LogP) is 4.40. The molecule has 1 saturated heterocycles. The maximum Gasteiger partial charge on any atom is 0.319 e. The summed E-state index contributed by atoms with van der Waals surface area (Å²) in [5.74, 6) is 0.788. The summed E-state index contributed by atoms with van der Waals surface area (Å²) in [5, 5.41) is 5.92. The maximum absolute atomic E-state index is 12.4. The Morgan fingerprint density at radius 3 is 2.58 bits per heavy atom. The summed E-state index contributed by atoms with van der Waals surface area (Å²) in [4.78, 5) is 14.8. The van der Waals surface area contributed by atoms with Gasteiger partial charge in [-0.2, -0.15) is 0 Å². The summed E-state index contributed by atoms with van der Waals surface area (Å²) in [6, 6.07) is 15.5. The Morgan fingerprint density at radius 1 is 1.04 bits per heavy atom. The zero-order chi connectivity index (χ0) is 18.2. The van der Waals surface area contributed by atoms with Gasteiger partial charge in [-0.3, -0.25) is 0 Å². The number of ether oxygens (including phenoxy) is 1. The molecule has 5 heteroatoms. The second-order valence-corrected chi connectivity index (χ2v) is 6.58. The number of urea groups is 1. The van der Waals surface area contributed by atoms with E-state index < -0.39 is 0 Å². The van der Waals surface area contributed by atoms with Crippen molar-refractivity contribution in [1.82, 2.24) is 5.32 Å². The summed E-state index contributed by atoms with van der Waals surface area (Å²) in [7, 11) is 1.64. The largest absolute Gasteiger partial charge is 0.497 e. The summed E-state index contributed by atoms with van der Waals surface area (Å²) in [6.45, 7) is 2.54. The summed E-state index contributed by atoms with van der Waals surface area (Å²) < 4.78 is 5.22. The second-order valence-electron chi connectivity index (χ2n) is 6.58. The topological polar surface area (TPSA) is 53.6 Å². The fourth-order valence-corrected chi connectivity index (χ4v) is 3.30. The van der Waals surface area contributed by atoms with Gasteiger partial charge in [0.1, 0.15) is 5.75 Å². The normalized spacial score (nSPS) is 14.4. The molecule has 1 aliphatic rings. The van der Waals surface area contributed by atoms with Gasteiger partial charge < -0.3 is 20.3 Å². The Bertz CT molecular complexity index is 725. The van der Waals surface area contributed by atoms with Crippen LogP contribution >= 0.6 is 0 Å². The number of rotatable bonds is 5. The van der Waals surface area contributed by atoms with Crippen LogP contribution in [0.4, 0.5) is 16.2 Å². The first-order valence-electron chi connectivity index (χ1n) is 9.28. The number of anilines is 2. The number of methoxy groups -OCH3 is 1. The molecule has 0 aromatic heterocycles. The summed E-state index contributed by atoms with van der Waals surface area (Å²) in [6.07, 6.45) is 4.98. The quantitative estimate of drug-likeness (QED) is 0.838. The molecular formula is C21H27N3O2. The van der Waals surface area contributed by atoms with Crippen molar-refractivity contribution in [2.24, 2.45) is 0 Å². The molecule has 1 heterocycles. The minimum Gasteiger partial charge on any atom is -0.497 e. The Labute approximate surface area is 155 Å². The van der Waals surface area contributed by atoms with Gasteiger partial charge in [-0.25, -0.2) is 4.79 Å². The van der Waals surface area contributed by atoms with Crippen LogP contribution in [0.3, 0.4) is 0 Å². The van der Waals surface area contributed by atoms with Crippen LogP contribution in [0, 0.1) is 0 Å². The first kappa shape index (κ1) is 18.1. The minimum absolute atomic E-state index is 0.199. The van der Waals surface area contributed by atoms with Gasteiger partial charge in [0.15, 0.2) is 0 Å². The van der Waals surface area contributed by atoms with Crippen LogP contribution < -0.4 is 20.3 Å². The van der Waals surface area contributed by atoms with Gasteiger partial charge in [0, 0.05) is 19.6 Å². The number of nitrogens with zero attached hydrogens (tertiary/aromatic N) is 1. The number of carbonyl (C=O) groups excluding carboxylic acids is 1. The van der Waals surface area contributed by atoms with Crippen LogP contribution in [0.2, 0.25) is 0 Å². The molecule has 5 nitrogen and oxygen atoms in total. The van der Waals surface area contributed by atoms with Gasteiger partial charge >= 0.3 is 6.03 Å². The van der Waals surface area contributed by atoms with Gasteiger partial charge in [0.25, 0.3) is 0 Å². The average Bonchev–Trinajstić information content (AvgIpc) is 2.96. The van der Waals surface area contributed by atoms with Crippen LogP contribution in [0.5, 0.6) is 5.75 Å². The number of benzene rings is 2. The number of nitrogens with one attached hydrogen (secondary N) is 2. The molecular weight excluding hydrogens is 326 g/mol. The van der Waals surface area contributed by atoms with Gasteiger partial charge in [0.05, 0.1) is 18.5 Å². The highest BCUT2D eigenvalue weighted by molar-refractivity contribution is 5.93. The predicted molar refractivity (Wildman–Crippen MR) is 106 cm³/mol. The van der Waals surface area contributed by atoms with Crippen LogP contribution in [-0.2, 0) is 6.54 Å². The number of amides is 2. The van der Waals surface area contributed by atoms with Crippen LogP contribution in [0.25, 0.3) is 0 Å². The molecule has 2 aromatic carbocycles. The first-order chi connectivity index (χ1) is 12.8. The Balaban J connectivity index is 1.62. The fraction of sp³-hybridized carbons (Fsp3) is 0.381. The first-order valence-corrected chi connectivity index (χ1v) is 9.28. The van der Waals surface area contributed by atoms with Crippen molar-refractivity contribution < 1.29 is 9.53 Å². The third-order valence-electron chi connectivity index (χ3n) is 4.69. The molecule has 3 rings (SSSR count). The monoisotopic (exact) mass is 353 g/mol. The molecule has 26 heavy (non-hydrogen) atoms. The molecule has 1 aliphatic heterocycles. The lowest BCUT2D eigenvalue weighted by Crippen LogP contribution is -2.30. The van der Waals surface area contributed by atoms with Gasteiger partial charge in [-0.05, 0) is 42.7 Å². The highest BCUT2D eigenvalue weighted by Crippen LogP contribution is 2.27. The molecule has 0 bridgehead atoms. The van der Waals surface area contributed by atoms with Crippen molar-refractivity contribution in [1.29, 1.82) is 0 Å². The Hall–Kier alpha value is -2.69. The van der Waals surface area contributed by atoms with E-state index in [9.17, 15) is 4.79 Å². The highest BCUT2D eigenvalue weighted by Gasteiger charge is 2.14. The number of hydrogen-bond acceptors (Lipinski definition) is 3. The Kier molecular flexibility index (Phi) is 6.36. The van der Waals surface area contributed by atoms with E-state index in [1.54, 1.807) is 7.11 Å². The van der Waals surface area contributed by atoms with Crippen molar-refractivity contribution in [3.8, 4) is 5.75 Å². The molecule has 138 valence electrons. The zero-order valence-corrected chi connectivity index (χ0v) is 15.3. The van der Waals surface area contributed by atoms with Crippen LogP contribution in [0.15, 0.2) is 48.5 Å². The van der Waals surface area contributed by atoms with Gasteiger partial charge in [0.2, 0.25) is 0 Å². The van der Waals surface area contributed by atoms with Crippen molar-refractivity contribution >= 4 is 17.4 Å². The van der Waals surface area contributed by atoms with E-state index in [-0.39, 0.29) is 6.03 Å². The third kappa shape index (κ3) is 4.91. The molecule has 2 N–H and O–H groups in total. The third-order valence-corrected chi connectivity index (χ3v) is 4.69. The van der Waals surface area contributed by atoms with Crippen molar-refractivity contribution in [3.63, 3.8) is 0 Å². The van der Waals surface area contributed by atoms with E-state index in [0.29, 0.717) is 6.54 Å². The fourth-order valence-electron chi connectivity index (χ4n) is 3.30. The van der Waals surface area contributed by atoms with Gasteiger partial charge in [-0.15, -0.1) is 0 Å². The molecule has 0 aliphatic carbocycles. The second kappa shape index (κ2) is 9.13. The van der Waals surface area contributed by atoms with Crippen LogP contribution in [0.1, 0.15) is 31.2 Å². The highest BCUT2D eigenvalue weighted by atomic mass is 16.5. The molecule has 2 amide bonds. The average molecular weight is 353 g/mol. The molecule has 0 saturated carbocycles. The van der Waals surface area contributed by atoms with Crippen molar-refractivity contribution in [2.75, 3.05) is 30.4 Å². The van der Waals surface area contributed by atoms with Gasteiger partial charge in [-0.1, -0.05) is 37.1 Å². The summed E-state index contributed by atoms with van der Waals surface area (Å²) >= 11 is 0. The Morgan fingerprint density at radius 2 is 1.81 bits per heavy atom. The van der Waals surface area contributed by atoms with Crippen molar-refractivity contribution in [3.05, 3.63) is 54.1 Å². The van der Waals surface area contributed by atoms with E-state index in [0.717, 1.165) is 35.8 Å². The number of hydrogen-bond donors (Lipinski definition) is 2. The molecule has 0 radical (unpaired) electrons. The lowest BCUT2D eigenvalue weighted by Gasteiger charge is -2.25.